The molecule has 0 saturated heterocycles. The Bertz CT molecular complexity index is 1090. The molecule has 2 aromatic carbocycles. The Labute approximate surface area is 167 Å². The van der Waals surface area contributed by atoms with Crippen molar-refractivity contribution < 1.29 is 9.59 Å². The molecular formula is C22H20N4O3. The molecule has 4 rings (SSSR count). The number of hydrogen-bond donors (Lipinski definition) is 2. The quantitative estimate of drug-likeness (QED) is 0.678. The van der Waals surface area contributed by atoms with E-state index in [4.69, 9.17) is 0 Å². The van der Waals surface area contributed by atoms with E-state index in [1.807, 2.05) is 30.3 Å². The molecule has 0 unspecified atom stereocenters. The van der Waals surface area contributed by atoms with Gasteiger partial charge in [0.2, 0.25) is 0 Å². The summed E-state index contributed by atoms with van der Waals surface area (Å²) in [5, 5.41) is 9.84. The highest BCUT2D eigenvalue weighted by atomic mass is 16.2. The number of aromatic nitrogens is 2. The van der Waals surface area contributed by atoms with Crippen LogP contribution in [0.15, 0.2) is 71.5 Å². The summed E-state index contributed by atoms with van der Waals surface area (Å²) in [6, 6.07) is 19.1. The summed E-state index contributed by atoms with van der Waals surface area (Å²) >= 11 is 0. The smallest absolute Gasteiger partial charge is 0.276 e. The van der Waals surface area contributed by atoms with Crippen molar-refractivity contribution in [3.8, 4) is 0 Å². The second-order valence-corrected chi connectivity index (χ2v) is 6.98. The lowest BCUT2D eigenvalue weighted by atomic mass is 10.2. The van der Waals surface area contributed by atoms with Gasteiger partial charge in [0.25, 0.3) is 17.4 Å². The van der Waals surface area contributed by atoms with Gasteiger partial charge in [-0.15, -0.1) is 0 Å². The van der Waals surface area contributed by atoms with Crippen LogP contribution in [-0.2, 0) is 6.54 Å². The average molecular weight is 388 g/mol. The molecule has 7 nitrogen and oxygen atoms in total. The maximum atomic E-state index is 12.5. The maximum Gasteiger partial charge on any atom is 0.276 e. The fourth-order valence-corrected chi connectivity index (χ4v) is 2.84. The van der Waals surface area contributed by atoms with Gasteiger partial charge in [-0.2, -0.15) is 5.10 Å². The van der Waals surface area contributed by atoms with Crippen LogP contribution in [0.4, 0.5) is 5.69 Å². The van der Waals surface area contributed by atoms with Crippen molar-refractivity contribution in [3.63, 3.8) is 0 Å². The lowest BCUT2D eigenvalue weighted by Gasteiger charge is -2.09. The minimum atomic E-state index is -0.429. The molecule has 1 fully saturated rings. The number of nitrogens with one attached hydrogen (secondary N) is 2. The summed E-state index contributed by atoms with van der Waals surface area (Å²) < 4.78 is 1.26. The van der Waals surface area contributed by atoms with Gasteiger partial charge in [-0.05, 0) is 48.7 Å². The second kappa shape index (κ2) is 8.10. The SMILES string of the molecule is O=C(NC1CC1)c1ccc(NC(=O)c2ccc(=O)n(Cc3ccccc3)n2)cc1. The van der Waals surface area contributed by atoms with Crippen LogP contribution < -0.4 is 16.2 Å². The molecule has 0 bridgehead atoms. The molecule has 0 atom stereocenters. The van der Waals surface area contributed by atoms with E-state index in [0.717, 1.165) is 18.4 Å². The largest absolute Gasteiger partial charge is 0.349 e. The highest BCUT2D eigenvalue weighted by molar-refractivity contribution is 6.03. The van der Waals surface area contributed by atoms with E-state index in [-0.39, 0.29) is 23.7 Å². The minimum absolute atomic E-state index is 0.111. The Morgan fingerprint density at radius 2 is 1.66 bits per heavy atom. The van der Waals surface area contributed by atoms with Crippen molar-refractivity contribution >= 4 is 17.5 Å². The molecule has 1 heterocycles. The van der Waals surface area contributed by atoms with Crippen molar-refractivity contribution in [2.75, 3.05) is 5.32 Å². The highest BCUT2D eigenvalue weighted by Crippen LogP contribution is 2.19. The highest BCUT2D eigenvalue weighted by Gasteiger charge is 2.23. The molecule has 146 valence electrons. The Hall–Kier alpha value is -3.74. The summed E-state index contributed by atoms with van der Waals surface area (Å²) in [5.74, 6) is -0.540. The summed E-state index contributed by atoms with van der Waals surface area (Å²) in [5.41, 5.74) is 1.86. The first-order valence-corrected chi connectivity index (χ1v) is 9.43. The van der Waals surface area contributed by atoms with E-state index >= 15 is 0 Å². The van der Waals surface area contributed by atoms with E-state index in [2.05, 4.69) is 15.7 Å². The number of nitrogens with zero attached hydrogens (tertiary/aromatic N) is 2. The molecule has 1 aromatic heterocycles. The standard InChI is InChI=1S/C22H20N4O3/c27-20-13-12-19(25-26(20)14-15-4-2-1-3-5-15)22(29)24-17-8-6-16(7-9-17)21(28)23-18-10-11-18/h1-9,12-13,18H,10-11,14H2,(H,23,28)(H,24,29). The number of carbonyl (C=O) groups excluding carboxylic acids is 2. The molecule has 1 saturated carbocycles. The molecule has 29 heavy (non-hydrogen) atoms. The molecule has 0 radical (unpaired) electrons. The second-order valence-electron chi connectivity index (χ2n) is 6.98. The number of carbonyl (C=O) groups is 2. The van der Waals surface area contributed by atoms with Gasteiger partial charge in [-0.3, -0.25) is 14.4 Å². The summed E-state index contributed by atoms with van der Waals surface area (Å²) in [4.78, 5) is 36.6. The van der Waals surface area contributed by atoms with Gasteiger partial charge in [0.15, 0.2) is 0 Å². The number of hydrogen-bond acceptors (Lipinski definition) is 4. The molecule has 1 aliphatic rings. The molecule has 0 aliphatic heterocycles. The first-order chi connectivity index (χ1) is 14.1. The van der Waals surface area contributed by atoms with Crippen molar-refractivity contribution in [2.45, 2.75) is 25.4 Å². The van der Waals surface area contributed by atoms with E-state index in [0.29, 0.717) is 17.3 Å². The average Bonchev–Trinajstić information content (AvgIpc) is 3.55. The zero-order valence-corrected chi connectivity index (χ0v) is 15.7. The van der Waals surface area contributed by atoms with Crippen LogP contribution in [0.2, 0.25) is 0 Å². The number of amides is 2. The Balaban J connectivity index is 1.44. The van der Waals surface area contributed by atoms with Crippen molar-refractivity contribution in [2.24, 2.45) is 0 Å². The maximum absolute atomic E-state index is 12.5. The third kappa shape index (κ3) is 4.76. The molecule has 3 aromatic rings. The monoisotopic (exact) mass is 388 g/mol. The number of rotatable bonds is 6. The first kappa shape index (κ1) is 18.6. The first-order valence-electron chi connectivity index (χ1n) is 9.43. The van der Waals surface area contributed by atoms with E-state index < -0.39 is 5.91 Å². The van der Waals surface area contributed by atoms with Gasteiger partial charge in [-0.1, -0.05) is 30.3 Å². The Kier molecular flexibility index (Phi) is 5.20. The van der Waals surface area contributed by atoms with Crippen molar-refractivity contribution in [1.29, 1.82) is 0 Å². The van der Waals surface area contributed by atoms with Gasteiger partial charge < -0.3 is 10.6 Å². The molecule has 0 spiro atoms. The van der Waals surface area contributed by atoms with Crippen LogP contribution in [0, 0.1) is 0 Å². The fourth-order valence-electron chi connectivity index (χ4n) is 2.84. The summed E-state index contributed by atoms with van der Waals surface area (Å²) in [7, 11) is 0. The van der Waals surface area contributed by atoms with Crippen LogP contribution in [0.3, 0.4) is 0 Å². The predicted octanol–water partition coefficient (Wildman–Crippen LogP) is 2.44. The van der Waals surface area contributed by atoms with Gasteiger partial charge in [0.05, 0.1) is 6.54 Å². The zero-order valence-electron chi connectivity index (χ0n) is 15.7. The van der Waals surface area contributed by atoms with Gasteiger partial charge in [0, 0.05) is 23.4 Å². The minimum Gasteiger partial charge on any atom is -0.349 e. The van der Waals surface area contributed by atoms with Crippen LogP contribution in [0.25, 0.3) is 0 Å². The molecule has 7 heteroatoms. The lowest BCUT2D eigenvalue weighted by Crippen LogP contribution is -2.26. The molecule has 2 amide bonds. The third-order valence-corrected chi connectivity index (χ3v) is 4.59. The predicted molar refractivity (Wildman–Crippen MR) is 109 cm³/mol. The van der Waals surface area contributed by atoms with Crippen LogP contribution in [0.5, 0.6) is 0 Å². The van der Waals surface area contributed by atoms with E-state index in [1.54, 1.807) is 24.3 Å². The normalized spacial score (nSPS) is 13.0. The summed E-state index contributed by atoms with van der Waals surface area (Å²) in [6.45, 7) is 0.283. The van der Waals surface area contributed by atoms with Gasteiger partial charge >= 0.3 is 0 Å². The summed E-state index contributed by atoms with van der Waals surface area (Å²) in [6.07, 6.45) is 2.05. The topological polar surface area (TPSA) is 93.1 Å². The van der Waals surface area contributed by atoms with Crippen LogP contribution in [0.1, 0.15) is 39.3 Å². The zero-order chi connectivity index (χ0) is 20.2. The fraction of sp³-hybridized carbons (Fsp3) is 0.182. The lowest BCUT2D eigenvalue weighted by molar-refractivity contribution is 0.0950. The van der Waals surface area contributed by atoms with Crippen LogP contribution in [-0.4, -0.2) is 27.6 Å². The van der Waals surface area contributed by atoms with Crippen LogP contribution >= 0.6 is 0 Å². The molecule has 2 N–H and O–H groups in total. The third-order valence-electron chi connectivity index (χ3n) is 4.59. The molecular weight excluding hydrogens is 368 g/mol. The van der Waals surface area contributed by atoms with E-state index in [1.165, 1.54) is 16.8 Å². The number of benzene rings is 2. The Morgan fingerprint density at radius 1 is 0.931 bits per heavy atom. The van der Waals surface area contributed by atoms with Crippen molar-refractivity contribution in [1.82, 2.24) is 15.1 Å². The Morgan fingerprint density at radius 3 is 2.34 bits per heavy atom. The van der Waals surface area contributed by atoms with Gasteiger partial charge in [0.1, 0.15) is 5.69 Å². The van der Waals surface area contributed by atoms with Crippen molar-refractivity contribution in [3.05, 3.63) is 93.9 Å². The van der Waals surface area contributed by atoms with E-state index in [9.17, 15) is 14.4 Å². The number of anilines is 1. The molecule has 1 aliphatic carbocycles. The van der Waals surface area contributed by atoms with Gasteiger partial charge in [-0.25, -0.2) is 4.68 Å².